The summed E-state index contributed by atoms with van der Waals surface area (Å²) in [5.74, 6) is 0.802. The van der Waals surface area contributed by atoms with Gasteiger partial charge in [0, 0.05) is 29.6 Å². The predicted octanol–water partition coefficient (Wildman–Crippen LogP) is 5.08. The SMILES string of the molecule is CCc1ccc(Cl)c(OCCCc2cccc3[nH]c4c(c23)CCNCC4)c1. The van der Waals surface area contributed by atoms with Crippen LogP contribution in [-0.4, -0.2) is 24.7 Å². The summed E-state index contributed by atoms with van der Waals surface area (Å²) in [6.07, 6.45) is 5.16. The van der Waals surface area contributed by atoms with E-state index in [0.717, 1.165) is 50.9 Å². The maximum Gasteiger partial charge on any atom is 0.138 e. The van der Waals surface area contributed by atoms with Gasteiger partial charge in [-0.2, -0.15) is 0 Å². The molecule has 0 fully saturated rings. The summed E-state index contributed by atoms with van der Waals surface area (Å²) in [6, 6.07) is 12.7. The van der Waals surface area contributed by atoms with Crippen LogP contribution in [0.2, 0.25) is 5.02 Å². The van der Waals surface area contributed by atoms with Crippen LogP contribution in [0.4, 0.5) is 0 Å². The lowest BCUT2D eigenvalue weighted by Gasteiger charge is -2.10. The first-order valence-electron chi connectivity index (χ1n) is 9.99. The van der Waals surface area contributed by atoms with E-state index in [2.05, 4.69) is 47.6 Å². The normalized spacial score (nSPS) is 14.1. The minimum atomic E-state index is 0.678. The van der Waals surface area contributed by atoms with Crippen molar-refractivity contribution in [1.29, 1.82) is 0 Å². The quantitative estimate of drug-likeness (QED) is 0.583. The molecule has 3 aromatic rings. The van der Waals surface area contributed by atoms with Gasteiger partial charge in [0.05, 0.1) is 11.6 Å². The highest BCUT2D eigenvalue weighted by Crippen LogP contribution is 2.29. The van der Waals surface area contributed by atoms with Crippen LogP contribution in [0.5, 0.6) is 5.75 Å². The van der Waals surface area contributed by atoms with E-state index in [-0.39, 0.29) is 0 Å². The number of benzene rings is 2. The van der Waals surface area contributed by atoms with Crippen LogP contribution in [-0.2, 0) is 25.7 Å². The van der Waals surface area contributed by atoms with Crippen molar-refractivity contribution in [1.82, 2.24) is 10.3 Å². The number of aromatic amines is 1. The Labute approximate surface area is 166 Å². The largest absolute Gasteiger partial charge is 0.492 e. The fourth-order valence-electron chi connectivity index (χ4n) is 4.02. The maximum absolute atomic E-state index is 6.27. The Balaban J connectivity index is 1.46. The lowest BCUT2D eigenvalue weighted by molar-refractivity contribution is 0.311. The number of aromatic nitrogens is 1. The first kappa shape index (κ1) is 18.4. The van der Waals surface area contributed by atoms with Crippen molar-refractivity contribution in [3.8, 4) is 5.75 Å². The van der Waals surface area contributed by atoms with Gasteiger partial charge < -0.3 is 15.0 Å². The van der Waals surface area contributed by atoms with Gasteiger partial charge in [-0.1, -0.05) is 36.7 Å². The summed E-state index contributed by atoms with van der Waals surface area (Å²) < 4.78 is 5.98. The van der Waals surface area contributed by atoms with Crippen molar-refractivity contribution < 1.29 is 4.74 Å². The highest BCUT2D eigenvalue weighted by molar-refractivity contribution is 6.32. The zero-order chi connectivity index (χ0) is 18.6. The molecule has 0 radical (unpaired) electrons. The fraction of sp³-hybridized carbons (Fsp3) is 0.391. The molecule has 4 heteroatoms. The van der Waals surface area contributed by atoms with E-state index in [1.165, 1.54) is 33.3 Å². The van der Waals surface area contributed by atoms with Crippen molar-refractivity contribution in [2.75, 3.05) is 19.7 Å². The molecule has 0 spiro atoms. The van der Waals surface area contributed by atoms with E-state index in [4.69, 9.17) is 16.3 Å². The fourth-order valence-corrected chi connectivity index (χ4v) is 4.19. The molecule has 2 heterocycles. The molecule has 0 amide bonds. The van der Waals surface area contributed by atoms with Crippen molar-refractivity contribution in [2.24, 2.45) is 0 Å². The number of rotatable bonds is 6. The van der Waals surface area contributed by atoms with Gasteiger partial charge in [0.25, 0.3) is 0 Å². The molecule has 0 saturated carbocycles. The first-order valence-corrected chi connectivity index (χ1v) is 10.4. The van der Waals surface area contributed by atoms with E-state index in [0.29, 0.717) is 11.6 Å². The van der Waals surface area contributed by atoms with Crippen LogP contribution in [0.1, 0.15) is 35.7 Å². The first-order chi connectivity index (χ1) is 13.3. The zero-order valence-electron chi connectivity index (χ0n) is 15.9. The third kappa shape index (κ3) is 3.99. The third-order valence-electron chi connectivity index (χ3n) is 5.46. The summed E-state index contributed by atoms with van der Waals surface area (Å²) in [4.78, 5) is 3.64. The highest BCUT2D eigenvalue weighted by Gasteiger charge is 2.16. The average molecular weight is 383 g/mol. The van der Waals surface area contributed by atoms with Gasteiger partial charge in [-0.3, -0.25) is 0 Å². The van der Waals surface area contributed by atoms with Crippen molar-refractivity contribution in [3.05, 3.63) is 63.8 Å². The van der Waals surface area contributed by atoms with Crippen LogP contribution in [0.25, 0.3) is 10.9 Å². The number of H-pyrrole nitrogens is 1. The molecule has 0 saturated heterocycles. The van der Waals surface area contributed by atoms with Crippen LogP contribution < -0.4 is 10.1 Å². The molecule has 1 aromatic heterocycles. The van der Waals surface area contributed by atoms with Gasteiger partial charge in [-0.25, -0.2) is 0 Å². The number of aryl methyl sites for hydroxylation is 2. The van der Waals surface area contributed by atoms with E-state index < -0.39 is 0 Å². The molecule has 0 aliphatic carbocycles. The van der Waals surface area contributed by atoms with Gasteiger partial charge in [0.15, 0.2) is 0 Å². The average Bonchev–Trinajstić information content (AvgIpc) is 2.88. The number of hydrogen-bond donors (Lipinski definition) is 2. The summed E-state index contributed by atoms with van der Waals surface area (Å²) in [5.41, 5.74) is 6.86. The smallest absolute Gasteiger partial charge is 0.138 e. The number of hydrogen-bond acceptors (Lipinski definition) is 2. The minimum absolute atomic E-state index is 0.678. The molecule has 2 aromatic carbocycles. The van der Waals surface area contributed by atoms with Crippen molar-refractivity contribution in [2.45, 2.75) is 39.0 Å². The predicted molar refractivity (Wildman–Crippen MR) is 113 cm³/mol. The number of fused-ring (bicyclic) bond motifs is 3. The molecule has 0 bridgehead atoms. The number of ether oxygens (including phenoxy) is 1. The van der Waals surface area contributed by atoms with Crippen LogP contribution in [0, 0.1) is 0 Å². The third-order valence-corrected chi connectivity index (χ3v) is 5.77. The number of halogens is 1. The Hall–Kier alpha value is -1.97. The molecule has 2 N–H and O–H groups in total. The number of nitrogens with one attached hydrogen (secondary N) is 2. The van der Waals surface area contributed by atoms with E-state index >= 15 is 0 Å². The second kappa shape index (κ2) is 8.37. The van der Waals surface area contributed by atoms with Crippen LogP contribution in [0.3, 0.4) is 0 Å². The van der Waals surface area contributed by atoms with E-state index in [1.54, 1.807) is 0 Å². The minimum Gasteiger partial charge on any atom is -0.492 e. The summed E-state index contributed by atoms with van der Waals surface area (Å²) in [5, 5.41) is 5.62. The van der Waals surface area contributed by atoms with Gasteiger partial charge in [0.1, 0.15) is 5.75 Å². The molecule has 0 atom stereocenters. The Morgan fingerprint density at radius 3 is 2.89 bits per heavy atom. The van der Waals surface area contributed by atoms with Crippen molar-refractivity contribution in [3.63, 3.8) is 0 Å². The topological polar surface area (TPSA) is 37.0 Å². The molecule has 0 unspecified atom stereocenters. The molecule has 1 aliphatic rings. The molecule has 27 heavy (non-hydrogen) atoms. The van der Waals surface area contributed by atoms with Crippen LogP contribution >= 0.6 is 11.6 Å². The Morgan fingerprint density at radius 1 is 1.11 bits per heavy atom. The monoisotopic (exact) mass is 382 g/mol. The zero-order valence-corrected chi connectivity index (χ0v) is 16.7. The maximum atomic E-state index is 6.27. The van der Waals surface area contributed by atoms with Crippen LogP contribution in [0.15, 0.2) is 36.4 Å². The summed E-state index contributed by atoms with van der Waals surface area (Å²) in [7, 11) is 0. The Bertz CT molecular complexity index is 932. The summed E-state index contributed by atoms with van der Waals surface area (Å²) in [6.45, 7) is 4.94. The standard InChI is InChI=1S/C23H27ClN2O/c1-2-16-8-9-19(24)22(15-16)27-14-4-6-17-5-3-7-21-23(17)18-10-12-25-13-11-20(18)26-21/h3,5,7-9,15,25-26H,2,4,6,10-14H2,1H3. The van der Waals surface area contributed by atoms with E-state index in [9.17, 15) is 0 Å². The Morgan fingerprint density at radius 2 is 2.00 bits per heavy atom. The molecule has 142 valence electrons. The molecule has 4 rings (SSSR count). The van der Waals surface area contributed by atoms with Gasteiger partial charge in [-0.05, 0) is 67.1 Å². The molecule has 1 aliphatic heterocycles. The van der Waals surface area contributed by atoms with E-state index in [1.807, 2.05) is 6.07 Å². The molecular weight excluding hydrogens is 356 g/mol. The lowest BCUT2D eigenvalue weighted by Crippen LogP contribution is -2.16. The van der Waals surface area contributed by atoms with Gasteiger partial charge in [-0.15, -0.1) is 0 Å². The Kier molecular flexibility index (Phi) is 5.70. The lowest BCUT2D eigenvalue weighted by atomic mass is 9.99. The van der Waals surface area contributed by atoms with Crippen molar-refractivity contribution >= 4 is 22.5 Å². The molecular formula is C23H27ClN2O. The van der Waals surface area contributed by atoms with Gasteiger partial charge in [0.2, 0.25) is 0 Å². The van der Waals surface area contributed by atoms with Gasteiger partial charge >= 0.3 is 0 Å². The molecule has 3 nitrogen and oxygen atoms in total. The second-order valence-corrected chi connectivity index (χ2v) is 7.65. The summed E-state index contributed by atoms with van der Waals surface area (Å²) >= 11 is 6.27. The second-order valence-electron chi connectivity index (χ2n) is 7.24. The highest BCUT2D eigenvalue weighted by atomic mass is 35.5.